The summed E-state index contributed by atoms with van der Waals surface area (Å²) in [5, 5.41) is 1.16. The topological polar surface area (TPSA) is 25.5 Å². The second-order valence-corrected chi connectivity index (χ2v) is 2.38. The minimum absolute atomic E-state index is 0.956. The number of rotatable bonds is 0. The van der Waals surface area contributed by atoms with Crippen LogP contribution in [0.4, 0.5) is 0 Å². The van der Waals surface area contributed by atoms with E-state index in [4.69, 9.17) is 4.42 Å². The molecule has 0 saturated heterocycles. The van der Waals surface area contributed by atoms with Crippen LogP contribution in [0.5, 0.6) is 0 Å². The highest BCUT2D eigenvalue weighted by molar-refractivity contribution is 7.78. The zero-order valence-electron chi connectivity index (χ0n) is 8.47. The van der Waals surface area contributed by atoms with E-state index >= 15 is 0 Å². The van der Waals surface area contributed by atoms with Crippen molar-refractivity contribution >= 4 is 30.5 Å². The summed E-state index contributed by atoms with van der Waals surface area (Å²) < 4.78 is 8.06. The van der Waals surface area contributed by atoms with Crippen LogP contribution >= 0.6 is 12.8 Å². The van der Waals surface area contributed by atoms with Crippen LogP contribution in [0.15, 0.2) is 45.4 Å². The average molecular weight is 209 g/mol. The van der Waals surface area contributed by atoms with Gasteiger partial charge in [-0.1, -0.05) is 32.0 Å². The van der Waals surface area contributed by atoms with Gasteiger partial charge < -0.3 is 4.42 Å². The fourth-order valence-corrected chi connectivity index (χ4v) is 0.906. The van der Waals surface area contributed by atoms with Gasteiger partial charge in [-0.05, 0) is 31.7 Å². The highest BCUT2D eigenvalue weighted by atomic mass is 32.1. The van der Waals surface area contributed by atoms with Gasteiger partial charge in [-0.25, -0.2) is 4.40 Å². The van der Waals surface area contributed by atoms with E-state index in [2.05, 4.69) is 23.9 Å². The van der Waals surface area contributed by atoms with Gasteiger partial charge in [0.25, 0.3) is 0 Å². The Balaban J connectivity index is 0.000000294. The largest absolute Gasteiger partial charge is 0.464 e. The number of thiol groups is 1. The molecule has 3 heteroatoms. The Kier molecular flexibility index (Phi) is 7.65. The minimum atomic E-state index is 0.956. The Morgan fingerprint density at radius 2 is 1.79 bits per heavy atom. The zero-order chi connectivity index (χ0) is 10.8. The van der Waals surface area contributed by atoms with E-state index in [0.29, 0.717) is 0 Å². The first-order chi connectivity index (χ1) is 6.88. The zero-order valence-corrected chi connectivity index (χ0v) is 9.37. The van der Waals surface area contributed by atoms with Crippen LogP contribution in [0, 0.1) is 0 Å². The first kappa shape index (κ1) is 12.8. The third kappa shape index (κ3) is 4.14. The molecule has 0 bridgehead atoms. The molecule has 2 nitrogen and oxygen atoms in total. The first-order valence-electron chi connectivity index (χ1n) is 4.41. The molecule has 0 amide bonds. The Bertz CT molecular complexity index is 327. The summed E-state index contributed by atoms with van der Waals surface area (Å²) in [5.74, 6) is 0. The summed E-state index contributed by atoms with van der Waals surface area (Å²) in [4.78, 5) is 0. The highest BCUT2D eigenvalue weighted by Crippen LogP contribution is 2.12. The highest BCUT2D eigenvalue weighted by Gasteiger charge is 1.89. The van der Waals surface area contributed by atoms with Crippen molar-refractivity contribution in [2.45, 2.75) is 13.8 Å². The molecule has 0 N–H and O–H groups in total. The lowest BCUT2D eigenvalue weighted by Crippen LogP contribution is -1.57. The van der Waals surface area contributed by atoms with Crippen LogP contribution in [0.3, 0.4) is 0 Å². The van der Waals surface area contributed by atoms with Gasteiger partial charge in [0.1, 0.15) is 5.58 Å². The number of hydrogen-bond acceptors (Lipinski definition) is 3. The van der Waals surface area contributed by atoms with Gasteiger partial charge in [-0.15, -0.1) is 0 Å². The lowest BCUT2D eigenvalue weighted by atomic mass is 10.3. The predicted octanol–water partition coefficient (Wildman–Crippen LogP) is 3.99. The number of para-hydroxylation sites is 1. The molecule has 0 fully saturated rings. The standard InChI is InChI=1S/C8H6O.C2H6.CH3NS/c1-2-4-8-7(3-1)5-6-9-8;1-2;1-2-3/h1-6H;1-2H3;3H,1H2. The second-order valence-electron chi connectivity index (χ2n) is 2.10. The summed E-state index contributed by atoms with van der Waals surface area (Å²) in [6.45, 7) is 6.98. The third-order valence-corrected chi connectivity index (χ3v) is 1.36. The summed E-state index contributed by atoms with van der Waals surface area (Å²) in [7, 11) is 0. The van der Waals surface area contributed by atoms with Crippen LogP contribution in [-0.2, 0) is 0 Å². The van der Waals surface area contributed by atoms with Crippen molar-refractivity contribution in [3.63, 3.8) is 0 Å². The molecule has 0 unspecified atom stereocenters. The fraction of sp³-hybridized carbons (Fsp3) is 0.182. The number of hydrogen-bond donors (Lipinski definition) is 1. The summed E-state index contributed by atoms with van der Waals surface area (Å²) in [6.07, 6.45) is 1.70. The first-order valence-corrected chi connectivity index (χ1v) is 4.81. The maximum absolute atomic E-state index is 5.12. The van der Waals surface area contributed by atoms with Crippen LogP contribution in [0.1, 0.15) is 13.8 Å². The molecule has 0 radical (unpaired) electrons. The summed E-state index contributed by atoms with van der Waals surface area (Å²) in [5.41, 5.74) is 0.956. The van der Waals surface area contributed by atoms with Crippen LogP contribution < -0.4 is 0 Å². The second kappa shape index (κ2) is 8.38. The number of furan rings is 1. The van der Waals surface area contributed by atoms with Crippen molar-refractivity contribution in [1.29, 1.82) is 0 Å². The molecule has 0 atom stereocenters. The Hall–Kier alpha value is -1.22. The van der Waals surface area contributed by atoms with Crippen LogP contribution in [0.2, 0.25) is 0 Å². The molecular formula is C11H15NOS. The normalized spacial score (nSPS) is 7.93. The molecule has 14 heavy (non-hydrogen) atoms. The SMILES string of the molecule is C=NS.CC.c1ccc2occc2c1. The van der Waals surface area contributed by atoms with E-state index < -0.39 is 0 Å². The lowest BCUT2D eigenvalue weighted by molar-refractivity contribution is 0.616. The molecule has 2 rings (SSSR count). The van der Waals surface area contributed by atoms with Crippen molar-refractivity contribution in [3.8, 4) is 0 Å². The van der Waals surface area contributed by atoms with Gasteiger partial charge in [-0.3, -0.25) is 0 Å². The monoisotopic (exact) mass is 209 g/mol. The summed E-state index contributed by atoms with van der Waals surface area (Å²) in [6, 6.07) is 9.90. The summed E-state index contributed by atoms with van der Waals surface area (Å²) >= 11 is 3.30. The Labute approximate surface area is 90.2 Å². The maximum atomic E-state index is 5.12. The Morgan fingerprint density at radius 1 is 1.21 bits per heavy atom. The molecule has 1 aromatic heterocycles. The van der Waals surface area contributed by atoms with E-state index in [-0.39, 0.29) is 0 Å². The molecule has 0 saturated carbocycles. The third-order valence-electron chi connectivity index (χ3n) is 1.36. The molecular weight excluding hydrogens is 194 g/mol. The fourth-order valence-electron chi connectivity index (χ4n) is 0.906. The van der Waals surface area contributed by atoms with E-state index in [1.54, 1.807) is 6.26 Å². The van der Waals surface area contributed by atoms with Crippen LogP contribution in [0.25, 0.3) is 11.0 Å². The molecule has 0 aliphatic carbocycles. The number of nitrogens with zero attached hydrogens (tertiary/aromatic N) is 1. The van der Waals surface area contributed by atoms with E-state index in [0.717, 1.165) is 11.0 Å². The Morgan fingerprint density at radius 3 is 2.36 bits per heavy atom. The number of benzene rings is 1. The van der Waals surface area contributed by atoms with Crippen molar-refractivity contribution in [2.75, 3.05) is 0 Å². The molecule has 1 heterocycles. The van der Waals surface area contributed by atoms with Gasteiger partial charge in [0.15, 0.2) is 0 Å². The van der Waals surface area contributed by atoms with Crippen molar-refractivity contribution < 1.29 is 4.42 Å². The molecule has 76 valence electrons. The van der Waals surface area contributed by atoms with Gasteiger partial charge in [0.05, 0.1) is 6.26 Å². The number of fused-ring (bicyclic) bond motifs is 1. The molecule has 0 spiro atoms. The van der Waals surface area contributed by atoms with Gasteiger partial charge in [-0.2, -0.15) is 0 Å². The molecule has 1 aromatic carbocycles. The lowest BCUT2D eigenvalue weighted by Gasteiger charge is -1.81. The van der Waals surface area contributed by atoms with Gasteiger partial charge in [0.2, 0.25) is 0 Å². The predicted molar refractivity (Wildman–Crippen MR) is 66.1 cm³/mol. The smallest absolute Gasteiger partial charge is 0.133 e. The quantitative estimate of drug-likeness (QED) is 0.515. The van der Waals surface area contributed by atoms with Gasteiger partial charge in [0, 0.05) is 5.39 Å². The van der Waals surface area contributed by atoms with Crippen molar-refractivity contribution in [1.82, 2.24) is 0 Å². The molecule has 2 aromatic rings. The van der Waals surface area contributed by atoms with Crippen molar-refractivity contribution in [3.05, 3.63) is 36.6 Å². The average Bonchev–Trinajstić information content (AvgIpc) is 2.69. The van der Waals surface area contributed by atoms with E-state index in [1.165, 1.54) is 0 Å². The van der Waals surface area contributed by atoms with Gasteiger partial charge >= 0.3 is 0 Å². The molecule has 0 aliphatic rings. The van der Waals surface area contributed by atoms with E-state index in [1.807, 2.05) is 44.2 Å². The van der Waals surface area contributed by atoms with E-state index in [9.17, 15) is 0 Å². The maximum Gasteiger partial charge on any atom is 0.133 e. The minimum Gasteiger partial charge on any atom is -0.464 e. The van der Waals surface area contributed by atoms with Crippen molar-refractivity contribution in [2.24, 2.45) is 4.40 Å². The molecule has 0 aliphatic heterocycles. The van der Waals surface area contributed by atoms with Crippen LogP contribution in [-0.4, -0.2) is 6.72 Å².